The van der Waals surface area contributed by atoms with Gasteiger partial charge >= 0.3 is 0 Å². The molecule has 0 unspecified atom stereocenters. The highest BCUT2D eigenvalue weighted by Crippen LogP contribution is 2.23. The molecule has 6 nitrogen and oxygen atoms in total. The van der Waals surface area contributed by atoms with Crippen LogP contribution < -0.4 is 10.2 Å². The number of aromatic nitrogens is 2. The van der Waals surface area contributed by atoms with Gasteiger partial charge in [0, 0.05) is 16.7 Å². The summed E-state index contributed by atoms with van der Waals surface area (Å²) < 4.78 is 5.18. The molecule has 0 radical (unpaired) electrons. The Morgan fingerprint density at radius 1 is 0.933 bits per heavy atom. The number of hydrazone groups is 1. The molecule has 4 aromatic rings. The first-order valence-corrected chi connectivity index (χ1v) is 9.41. The molecule has 0 aliphatic heterocycles. The van der Waals surface area contributed by atoms with Gasteiger partial charge in [-0.2, -0.15) is 10.2 Å². The molecule has 30 heavy (non-hydrogen) atoms. The molecule has 1 amide bonds. The van der Waals surface area contributed by atoms with Crippen molar-refractivity contribution in [3.8, 4) is 28.1 Å². The van der Waals surface area contributed by atoms with Crippen molar-refractivity contribution in [2.45, 2.75) is 0 Å². The summed E-state index contributed by atoms with van der Waals surface area (Å²) >= 11 is 0. The first-order chi connectivity index (χ1) is 14.7. The largest absolute Gasteiger partial charge is 0.497 e. The molecule has 0 aliphatic carbocycles. The van der Waals surface area contributed by atoms with Crippen LogP contribution in [0, 0.1) is 0 Å². The Bertz CT molecular complexity index is 1150. The third kappa shape index (κ3) is 4.28. The number of hydrogen-bond donors (Lipinski definition) is 2. The Kier molecular flexibility index (Phi) is 5.66. The number of nitrogens with one attached hydrogen (secondary N) is 2. The summed E-state index contributed by atoms with van der Waals surface area (Å²) in [7, 11) is 1.63. The van der Waals surface area contributed by atoms with Crippen LogP contribution in [0.4, 0.5) is 0 Å². The van der Waals surface area contributed by atoms with Crippen molar-refractivity contribution in [3.05, 3.63) is 96.2 Å². The molecule has 0 fully saturated rings. The summed E-state index contributed by atoms with van der Waals surface area (Å²) in [5, 5.41) is 11.1. The number of nitrogens with zero attached hydrogens (tertiary/aromatic N) is 2. The summed E-state index contributed by atoms with van der Waals surface area (Å²) in [4.78, 5) is 12.4. The maximum Gasteiger partial charge on any atom is 0.271 e. The first kappa shape index (κ1) is 19.1. The van der Waals surface area contributed by atoms with Gasteiger partial charge in [0.2, 0.25) is 0 Å². The van der Waals surface area contributed by atoms with E-state index >= 15 is 0 Å². The van der Waals surface area contributed by atoms with Crippen molar-refractivity contribution < 1.29 is 9.53 Å². The molecule has 0 saturated heterocycles. The fourth-order valence-electron chi connectivity index (χ4n) is 3.05. The van der Waals surface area contributed by atoms with Gasteiger partial charge in [-0.05, 0) is 47.5 Å². The van der Waals surface area contributed by atoms with Crippen molar-refractivity contribution in [1.82, 2.24) is 15.6 Å². The lowest BCUT2D eigenvalue weighted by atomic mass is 10.0. The van der Waals surface area contributed by atoms with Crippen LogP contribution in [0.15, 0.2) is 90.2 Å². The summed E-state index contributed by atoms with van der Waals surface area (Å²) in [5.41, 5.74) is 7.77. The fraction of sp³-hybridized carbons (Fsp3) is 0.0417. The van der Waals surface area contributed by atoms with E-state index in [4.69, 9.17) is 4.74 Å². The molecule has 0 aliphatic rings. The number of carbonyl (C=O) groups excluding carboxylic acids is 1. The van der Waals surface area contributed by atoms with Gasteiger partial charge in [-0.15, -0.1) is 0 Å². The van der Waals surface area contributed by atoms with E-state index in [2.05, 4.69) is 20.7 Å². The minimum absolute atomic E-state index is 0.277. The Balaban J connectivity index is 1.42. The summed E-state index contributed by atoms with van der Waals surface area (Å²) in [6, 6.07) is 25.0. The predicted molar refractivity (Wildman–Crippen MR) is 118 cm³/mol. The zero-order valence-corrected chi connectivity index (χ0v) is 16.4. The Morgan fingerprint density at radius 3 is 2.30 bits per heavy atom. The number of hydrogen-bond acceptors (Lipinski definition) is 4. The third-order valence-electron chi connectivity index (χ3n) is 4.67. The minimum Gasteiger partial charge on any atom is -0.497 e. The highest BCUT2D eigenvalue weighted by Gasteiger charge is 2.08. The van der Waals surface area contributed by atoms with E-state index in [9.17, 15) is 4.79 Å². The monoisotopic (exact) mass is 396 g/mol. The number of benzene rings is 3. The summed E-state index contributed by atoms with van der Waals surface area (Å²) in [6.45, 7) is 0. The average Bonchev–Trinajstić information content (AvgIpc) is 3.28. The van der Waals surface area contributed by atoms with Crippen molar-refractivity contribution in [2.75, 3.05) is 7.11 Å². The zero-order valence-electron chi connectivity index (χ0n) is 16.4. The number of carbonyl (C=O) groups is 1. The molecule has 1 aromatic heterocycles. The van der Waals surface area contributed by atoms with Crippen LogP contribution in [0.5, 0.6) is 5.75 Å². The standard InChI is InChI=1S/C24H20N4O2/c1-30-22-13-11-19(12-14-22)23-21(15-25-27-23)16-26-28-24(29)20-9-7-18(8-10-20)17-5-3-2-4-6-17/h2-16H,1H3,(H,25,27)(H,28,29)/b26-16-. The third-order valence-corrected chi connectivity index (χ3v) is 4.67. The zero-order chi connectivity index (χ0) is 20.8. The highest BCUT2D eigenvalue weighted by molar-refractivity contribution is 5.96. The van der Waals surface area contributed by atoms with Crippen molar-refractivity contribution in [1.29, 1.82) is 0 Å². The van der Waals surface area contributed by atoms with Gasteiger partial charge in [-0.25, -0.2) is 5.43 Å². The number of aromatic amines is 1. The number of H-pyrrole nitrogens is 1. The molecule has 6 heteroatoms. The Hall–Kier alpha value is -4.19. The first-order valence-electron chi connectivity index (χ1n) is 9.41. The molecular formula is C24H20N4O2. The molecule has 2 N–H and O–H groups in total. The lowest BCUT2D eigenvalue weighted by Gasteiger charge is -2.04. The minimum atomic E-state index is -0.277. The second-order valence-electron chi connectivity index (χ2n) is 6.57. The molecule has 148 valence electrons. The van der Waals surface area contributed by atoms with Gasteiger partial charge < -0.3 is 4.74 Å². The molecule has 3 aromatic carbocycles. The van der Waals surface area contributed by atoms with Crippen LogP contribution >= 0.6 is 0 Å². The van der Waals surface area contributed by atoms with Crippen molar-refractivity contribution in [2.24, 2.45) is 5.10 Å². The van der Waals surface area contributed by atoms with Gasteiger partial charge in [-0.1, -0.05) is 42.5 Å². The van der Waals surface area contributed by atoms with Crippen LogP contribution in [0.1, 0.15) is 15.9 Å². The Morgan fingerprint density at radius 2 is 1.60 bits per heavy atom. The van der Waals surface area contributed by atoms with E-state index < -0.39 is 0 Å². The maximum absolute atomic E-state index is 12.4. The normalized spacial score (nSPS) is 10.8. The van der Waals surface area contributed by atoms with Gasteiger partial charge in [0.25, 0.3) is 5.91 Å². The molecular weight excluding hydrogens is 376 g/mol. The van der Waals surface area contributed by atoms with E-state index in [1.54, 1.807) is 31.7 Å². The topological polar surface area (TPSA) is 79.4 Å². The average molecular weight is 396 g/mol. The van der Waals surface area contributed by atoms with E-state index in [0.29, 0.717) is 5.56 Å². The number of ether oxygens (including phenoxy) is 1. The van der Waals surface area contributed by atoms with Crippen molar-refractivity contribution in [3.63, 3.8) is 0 Å². The molecule has 0 saturated carbocycles. The summed E-state index contributed by atoms with van der Waals surface area (Å²) in [5.74, 6) is 0.499. The van der Waals surface area contributed by atoms with Gasteiger partial charge in [-0.3, -0.25) is 9.89 Å². The molecule has 0 spiro atoms. The quantitative estimate of drug-likeness (QED) is 0.372. The molecule has 0 bridgehead atoms. The number of methoxy groups -OCH3 is 1. The lowest BCUT2D eigenvalue weighted by molar-refractivity contribution is 0.0955. The van der Waals surface area contributed by atoms with Crippen LogP contribution in [-0.2, 0) is 0 Å². The van der Waals surface area contributed by atoms with Gasteiger partial charge in [0.05, 0.1) is 25.2 Å². The number of amides is 1. The fourth-order valence-corrected chi connectivity index (χ4v) is 3.05. The molecule has 1 heterocycles. The second-order valence-corrected chi connectivity index (χ2v) is 6.57. The Labute approximate surface area is 174 Å². The predicted octanol–water partition coefficient (Wildman–Crippen LogP) is 4.52. The SMILES string of the molecule is COc1ccc(-c2[nH]ncc2/C=N\NC(=O)c2ccc(-c3ccccc3)cc2)cc1. The number of rotatable bonds is 6. The van der Waals surface area contributed by atoms with E-state index in [1.165, 1.54) is 0 Å². The van der Waals surface area contributed by atoms with Gasteiger partial charge in [0.1, 0.15) is 5.75 Å². The second kappa shape index (κ2) is 8.87. The van der Waals surface area contributed by atoms with Crippen LogP contribution in [0.3, 0.4) is 0 Å². The van der Waals surface area contributed by atoms with Crippen LogP contribution in [-0.4, -0.2) is 29.4 Å². The van der Waals surface area contributed by atoms with Crippen molar-refractivity contribution >= 4 is 12.1 Å². The van der Waals surface area contributed by atoms with Crippen LogP contribution in [0.2, 0.25) is 0 Å². The molecule has 0 atom stereocenters. The lowest BCUT2D eigenvalue weighted by Crippen LogP contribution is -2.17. The van der Waals surface area contributed by atoms with E-state index in [1.807, 2.05) is 66.7 Å². The maximum atomic E-state index is 12.4. The summed E-state index contributed by atoms with van der Waals surface area (Å²) in [6.07, 6.45) is 3.23. The van der Waals surface area contributed by atoms with E-state index in [-0.39, 0.29) is 5.91 Å². The highest BCUT2D eigenvalue weighted by atomic mass is 16.5. The van der Waals surface area contributed by atoms with E-state index in [0.717, 1.165) is 33.7 Å². The smallest absolute Gasteiger partial charge is 0.271 e. The van der Waals surface area contributed by atoms with Gasteiger partial charge in [0.15, 0.2) is 0 Å². The molecule has 4 rings (SSSR count). The van der Waals surface area contributed by atoms with Crippen LogP contribution in [0.25, 0.3) is 22.4 Å².